The molecule has 12 heteroatoms. The van der Waals surface area contributed by atoms with Crippen molar-refractivity contribution in [2.24, 2.45) is 0 Å². The molecule has 33 heavy (non-hydrogen) atoms. The van der Waals surface area contributed by atoms with E-state index in [1.807, 2.05) is 18.2 Å². The van der Waals surface area contributed by atoms with Gasteiger partial charge in [0.2, 0.25) is 5.95 Å². The average Bonchev–Trinajstić information content (AvgIpc) is 2.84. The van der Waals surface area contributed by atoms with Gasteiger partial charge in [-0.15, -0.1) is 4.39 Å². The summed E-state index contributed by atoms with van der Waals surface area (Å²) in [6.07, 6.45) is 9.27. The van der Waals surface area contributed by atoms with Crippen LogP contribution in [0.1, 0.15) is 22.8 Å². The molecule has 0 spiro atoms. The maximum Gasteiger partial charge on any atom is 0.277 e. The lowest BCUT2D eigenvalue weighted by atomic mass is 10.1. The zero-order valence-electron chi connectivity index (χ0n) is 17.8. The number of halogens is 3. The molecule has 0 radical (unpaired) electrons. The summed E-state index contributed by atoms with van der Waals surface area (Å²) in [5.74, 6) is -0.00739. The van der Waals surface area contributed by atoms with Crippen molar-refractivity contribution in [2.75, 3.05) is 31.1 Å². The number of piperazine rings is 1. The van der Waals surface area contributed by atoms with E-state index in [1.165, 1.54) is 24.1 Å². The van der Waals surface area contributed by atoms with Crippen molar-refractivity contribution >= 4 is 17.9 Å². The lowest BCUT2D eigenvalue weighted by Crippen LogP contribution is -2.49. The first-order chi connectivity index (χ1) is 15.1. The molecule has 1 aromatic heterocycles. The number of hydroxylamine groups is 1. The van der Waals surface area contributed by atoms with Crippen LogP contribution >= 0.6 is 0 Å². The summed E-state index contributed by atoms with van der Waals surface area (Å²) in [7, 11) is 0. The SMILES string of the molecule is CC(/C=C/c1ccccc1)N1CCN(c2ncc(C(=O)NO)cn2)CC1.F.F.OOC#CF. The van der Waals surface area contributed by atoms with Gasteiger partial charge in [-0.1, -0.05) is 42.5 Å². The Morgan fingerprint density at radius 3 is 2.27 bits per heavy atom. The van der Waals surface area contributed by atoms with E-state index in [2.05, 4.69) is 55.9 Å². The van der Waals surface area contributed by atoms with Crippen LogP contribution in [0.15, 0.2) is 48.8 Å². The molecule has 1 atom stereocenters. The van der Waals surface area contributed by atoms with Crippen LogP contribution in [-0.2, 0) is 4.89 Å². The first-order valence-corrected chi connectivity index (χ1v) is 9.48. The Morgan fingerprint density at radius 1 is 1.18 bits per heavy atom. The summed E-state index contributed by atoms with van der Waals surface area (Å²) in [4.78, 5) is 27.2. The van der Waals surface area contributed by atoms with Gasteiger partial charge in [-0.05, 0) is 12.5 Å². The van der Waals surface area contributed by atoms with Crippen molar-refractivity contribution in [1.82, 2.24) is 20.3 Å². The van der Waals surface area contributed by atoms with E-state index in [-0.39, 0.29) is 15.0 Å². The standard InChI is InChI=1S/C19H23N5O2.C2HFO2.2FH/c1-15(7-8-16-5-3-2-4-6-16)23-9-11-24(12-10-23)19-20-13-17(14-21-19)18(25)22-26;3-1-2-5-4;;/h2-8,13-15,26H,9-12H2,1H3,(H,22,25);4H;2*1H/b8-7+;;;. The molecule has 1 saturated heterocycles. The van der Waals surface area contributed by atoms with E-state index in [0.29, 0.717) is 12.0 Å². The fraction of sp³-hybridized carbons (Fsp3) is 0.286. The molecule has 0 saturated carbocycles. The molecule has 0 bridgehead atoms. The third kappa shape index (κ3) is 9.56. The number of hydrogen-bond acceptors (Lipinski definition) is 8. The van der Waals surface area contributed by atoms with Crippen LogP contribution < -0.4 is 10.4 Å². The molecule has 180 valence electrons. The highest BCUT2D eigenvalue weighted by molar-refractivity contribution is 5.92. The molecule has 1 aliphatic heterocycles. The van der Waals surface area contributed by atoms with Crippen molar-refractivity contribution in [3.63, 3.8) is 0 Å². The van der Waals surface area contributed by atoms with Crippen molar-refractivity contribution in [2.45, 2.75) is 13.0 Å². The highest BCUT2D eigenvalue weighted by Gasteiger charge is 2.21. The Balaban J connectivity index is 0.00000133. The normalized spacial score (nSPS) is 13.8. The smallest absolute Gasteiger partial charge is 0.277 e. The molecule has 2 aromatic rings. The number of rotatable bonds is 5. The predicted molar refractivity (Wildman–Crippen MR) is 118 cm³/mol. The Labute approximate surface area is 189 Å². The van der Waals surface area contributed by atoms with Gasteiger partial charge in [-0.3, -0.25) is 29.2 Å². The number of hydrogen-bond donors (Lipinski definition) is 3. The van der Waals surface area contributed by atoms with E-state index < -0.39 is 5.91 Å². The van der Waals surface area contributed by atoms with Gasteiger partial charge in [0.15, 0.2) is 12.3 Å². The fourth-order valence-corrected chi connectivity index (χ4v) is 2.95. The molecular formula is C21H26F3N5O4. The molecular weight excluding hydrogens is 443 g/mol. The summed E-state index contributed by atoms with van der Waals surface area (Å²) in [5, 5.41) is 15.8. The number of amides is 1. The molecule has 1 fully saturated rings. The van der Waals surface area contributed by atoms with Gasteiger partial charge < -0.3 is 4.90 Å². The van der Waals surface area contributed by atoms with Gasteiger partial charge >= 0.3 is 0 Å². The monoisotopic (exact) mass is 469 g/mol. The zero-order valence-corrected chi connectivity index (χ0v) is 17.8. The van der Waals surface area contributed by atoms with E-state index in [0.717, 1.165) is 32.4 Å². The van der Waals surface area contributed by atoms with E-state index in [1.54, 1.807) is 5.48 Å². The molecule has 3 rings (SSSR count). The van der Waals surface area contributed by atoms with Crippen LogP contribution in [0.5, 0.6) is 0 Å². The van der Waals surface area contributed by atoms with Crippen LogP contribution in [-0.4, -0.2) is 63.5 Å². The number of carbonyl (C=O) groups excluding carboxylic acids is 1. The first-order valence-electron chi connectivity index (χ1n) is 9.48. The van der Waals surface area contributed by atoms with Gasteiger partial charge in [0.1, 0.15) is 0 Å². The van der Waals surface area contributed by atoms with Crippen LogP contribution in [0.25, 0.3) is 6.08 Å². The third-order valence-electron chi connectivity index (χ3n) is 4.63. The minimum atomic E-state index is -0.611. The summed E-state index contributed by atoms with van der Waals surface area (Å²) in [5.41, 5.74) is 3.01. The summed E-state index contributed by atoms with van der Waals surface area (Å²) in [6.45, 7) is 5.70. The summed E-state index contributed by atoms with van der Waals surface area (Å²) in [6, 6.07) is 10.6. The van der Waals surface area contributed by atoms with Gasteiger partial charge in [0, 0.05) is 44.6 Å². The van der Waals surface area contributed by atoms with Gasteiger partial charge in [0.25, 0.3) is 5.91 Å². The largest absolute Gasteiger partial charge is 0.338 e. The van der Waals surface area contributed by atoms with Gasteiger partial charge in [-0.25, -0.2) is 15.4 Å². The minimum Gasteiger partial charge on any atom is -0.338 e. The Morgan fingerprint density at radius 2 is 1.79 bits per heavy atom. The molecule has 1 unspecified atom stereocenters. The Kier molecular flexibility index (Phi) is 14.3. The predicted octanol–water partition coefficient (Wildman–Crippen LogP) is 2.49. The molecule has 1 aromatic carbocycles. The lowest BCUT2D eigenvalue weighted by Gasteiger charge is -2.37. The molecule has 3 N–H and O–H groups in total. The summed E-state index contributed by atoms with van der Waals surface area (Å²) >= 11 is 0. The number of nitrogens with one attached hydrogen (secondary N) is 1. The van der Waals surface area contributed by atoms with E-state index in [4.69, 9.17) is 10.5 Å². The second-order valence-corrected chi connectivity index (χ2v) is 6.53. The van der Waals surface area contributed by atoms with Crippen molar-refractivity contribution in [3.05, 3.63) is 59.9 Å². The molecule has 2 heterocycles. The highest BCUT2D eigenvalue weighted by Crippen LogP contribution is 2.14. The van der Waals surface area contributed by atoms with E-state index >= 15 is 0 Å². The number of carbonyl (C=O) groups is 1. The van der Waals surface area contributed by atoms with Crippen molar-refractivity contribution in [1.29, 1.82) is 0 Å². The quantitative estimate of drug-likeness (QED) is 0.265. The molecule has 1 aliphatic rings. The topological polar surface area (TPSA) is 111 Å². The number of benzene rings is 1. The van der Waals surface area contributed by atoms with Crippen LogP contribution in [0.3, 0.4) is 0 Å². The highest BCUT2D eigenvalue weighted by atomic mass is 19.1. The van der Waals surface area contributed by atoms with Crippen LogP contribution in [0, 0.1) is 12.3 Å². The van der Waals surface area contributed by atoms with Gasteiger partial charge in [-0.2, -0.15) is 5.26 Å². The van der Waals surface area contributed by atoms with Crippen LogP contribution in [0.4, 0.5) is 19.7 Å². The van der Waals surface area contributed by atoms with E-state index in [9.17, 15) is 9.18 Å². The van der Waals surface area contributed by atoms with Gasteiger partial charge in [0.05, 0.1) is 5.56 Å². The molecule has 1 amide bonds. The minimum absolute atomic E-state index is 0. The summed E-state index contributed by atoms with van der Waals surface area (Å²) < 4.78 is 10.3. The third-order valence-corrected chi connectivity index (χ3v) is 4.63. The second-order valence-electron chi connectivity index (χ2n) is 6.53. The maximum atomic E-state index is 11.3. The van der Waals surface area contributed by atoms with Crippen molar-refractivity contribution in [3.8, 4) is 12.3 Å². The van der Waals surface area contributed by atoms with Crippen molar-refractivity contribution < 1.29 is 33.9 Å². The molecule has 0 aliphatic carbocycles. The first kappa shape index (κ1) is 29.3. The second kappa shape index (κ2) is 16.0. The number of anilines is 1. The zero-order chi connectivity index (χ0) is 22.5. The average molecular weight is 469 g/mol. The Bertz CT molecular complexity index is 900. The maximum absolute atomic E-state index is 11.3. The lowest BCUT2D eigenvalue weighted by molar-refractivity contribution is -0.172. The molecule has 9 nitrogen and oxygen atoms in total. The Hall–Kier alpha value is -3.66. The number of nitrogens with zero attached hydrogens (tertiary/aromatic N) is 4. The fourth-order valence-electron chi connectivity index (χ4n) is 2.95. The number of aromatic nitrogens is 2. The van der Waals surface area contributed by atoms with Crippen LogP contribution in [0.2, 0.25) is 0 Å².